The van der Waals surface area contributed by atoms with Gasteiger partial charge in [-0.25, -0.2) is 4.79 Å². The van der Waals surface area contributed by atoms with Crippen molar-refractivity contribution in [1.29, 1.82) is 0 Å². The molecule has 0 radical (unpaired) electrons. The zero-order valence-corrected chi connectivity index (χ0v) is 19.2. The summed E-state index contributed by atoms with van der Waals surface area (Å²) in [4.78, 5) is 18.3. The Balaban J connectivity index is 0.00000225. The van der Waals surface area contributed by atoms with Gasteiger partial charge in [-0.15, -0.1) is 12.4 Å². The number of piperidine rings is 1. The van der Waals surface area contributed by atoms with Crippen molar-refractivity contribution in [3.63, 3.8) is 0 Å². The van der Waals surface area contributed by atoms with Gasteiger partial charge in [0.15, 0.2) is 0 Å². The summed E-state index contributed by atoms with van der Waals surface area (Å²) >= 11 is 3.57. The van der Waals surface area contributed by atoms with Crippen molar-refractivity contribution in [3.8, 4) is 0 Å². The minimum absolute atomic E-state index is 0. The number of aromatic amines is 1. The van der Waals surface area contributed by atoms with Crippen LogP contribution in [-0.2, 0) is 4.74 Å². The molecular formula is C21H31BrClN3O2. The Labute approximate surface area is 181 Å². The summed E-state index contributed by atoms with van der Waals surface area (Å²) in [5.74, 6) is 0. The quantitative estimate of drug-likeness (QED) is 0.695. The second kappa shape index (κ2) is 9.33. The average Bonchev–Trinajstić information content (AvgIpc) is 2.98. The maximum atomic E-state index is 12.6. The maximum Gasteiger partial charge on any atom is 0.326 e. The topological polar surface area (TPSA) is 50.3 Å². The molecule has 4 rings (SSSR count). The Morgan fingerprint density at radius 2 is 1.79 bits per heavy atom. The Kier molecular flexibility index (Phi) is 7.29. The van der Waals surface area contributed by atoms with Gasteiger partial charge in [0.05, 0.1) is 17.1 Å². The lowest BCUT2D eigenvalue weighted by Gasteiger charge is -2.41. The fraction of sp³-hybridized carbons (Fsp3) is 0.667. The van der Waals surface area contributed by atoms with E-state index in [1.807, 2.05) is 10.6 Å². The number of nitrogens with zero attached hydrogens (tertiary/aromatic N) is 2. The number of H-pyrrole nitrogens is 1. The van der Waals surface area contributed by atoms with Crippen LogP contribution in [0.15, 0.2) is 21.4 Å². The summed E-state index contributed by atoms with van der Waals surface area (Å²) in [7, 11) is 0. The zero-order chi connectivity index (χ0) is 19.0. The van der Waals surface area contributed by atoms with Crippen molar-refractivity contribution in [2.24, 2.45) is 0 Å². The van der Waals surface area contributed by atoms with Crippen LogP contribution in [0.25, 0.3) is 11.0 Å². The van der Waals surface area contributed by atoms with E-state index in [1.54, 1.807) is 0 Å². The molecule has 156 valence electrons. The number of aryl methyl sites for hydroxylation is 1. The smallest absolute Gasteiger partial charge is 0.326 e. The van der Waals surface area contributed by atoms with Crippen LogP contribution in [-0.4, -0.2) is 46.3 Å². The number of ether oxygens (including phenoxy) is 1. The molecule has 1 aromatic carbocycles. The highest BCUT2D eigenvalue weighted by molar-refractivity contribution is 9.10. The molecule has 0 amide bonds. The molecule has 1 aliphatic heterocycles. The fourth-order valence-corrected chi connectivity index (χ4v) is 5.28. The first kappa shape index (κ1) is 21.9. The fourth-order valence-electron chi connectivity index (χ4n) is 4.93. The van der Waals surface area contributed by atoms with E-state index in [4.69, 9.17) is 4.74 Å². The highest BCUT2D eigenvalue weighted by atomic mass is 79.9. The molecule has 5 nitrogen and oxygen atoms in total. The van der Waals surface area contributed by atoms with Gasteiger partial charge in [0.25, 0.3) is 0 Å². The van der Waals surface area contributed by atoms with E-state index in [1.165, 1.54) is 31.2 Å². The molecule has 2 fully saturated rings. The largest absolute Gasteiger partial charge is 0.379 e. The van der Waals surface area contributed by atoms with Crippen molar-refractivity contribution < 1.29 is 4.74 Å². The highest BCUT2D eigenvalue weighted by Crippen LogP contribution is 2.31. The molecule has 1 aliphatic carbocycles. The van der Waals surface area contributed by atoms with E-state index in [-0.39, 0.29) is 18.1 Å². The molecule has 1 saturated heterocycles. The lowest BCUT2D eigenvalue weighted by atomic mass is 9.90. The molecule has 2 aromatic rings. The number of likely N-dealkylation sites (tertiary alicyclic amines) is 1. The summed E-state index contributed by atoms with van der Waals surface area (Å²) in [6.07, 6.45) is 7.44. The summed E-state index contributed by atoms with van der Waals surface area (Å²) in [5, 5.41) is 0. The van der Waals surface area contributed by atoms with E-state index in [0.717, 1.165) is 48.0 Å². The van der Waals surface area contributed by atoms with Crippen LogP contribution >= 0.6 is 28.3 Å². The van der Waals surface area contributed by atoms with E-state index in [0.29, 0.717) is 18.2 Å². The predicted octanol–water partition coefficient (Wildman–Crippen LogP) is 4.81. The first-order valence-corrected chi connectivity index (χ1v) is 11.1. The zero-order valence-electron chi connectivity index (χ0n) is 16.7. The van der Waals surface area contributed by atoms with Crippen LogP contribution in [0, 0.1) is 6.92 Å². The molecule has 0 bridgehead atoms. The van der Waals surface area contributed by atoms with E-state index in [2.05, 4.69) is 45.7 Å². The van der Waals surface area contributed by atoms with Gasteiger partial charge in [-0.05, 0) is 70.1 Å². The molecule has 1 aromatic heterocycles. The number of aromatic nitrogens is 2. The van der Waals surface area contributed by atoms with Crippen LogP contribution in [0.1, 0.15) is 57.1 Å². The second-order valence-electron chi connectivity index (χ2n) is 8.07. The number of rotatable bonds is 4. The number of nitrogens with one attached hydrogen (secondary N) is 1. The van der Waals surface area contributed by atoms with E-state index in [9.17, 15) is 4.79 Å². The number of halogens is 2. The van der Waals surface area contributed by atoms with Gasteiger partial charge in [-0.2, -0.15) is 0 Å². The minimum Gasteiger partial charge on any atom is -0.379 e. The van der Waals surface area contributed by atoms with Crippen LogP contribution in [0.4, 0.5) is 0 Å². The van der Waals surface area contributed by atoms with Gasteiger partial charge in [-0.3, -0.25) is 4.57 Å². The number of fused-ring (bicyclic) bond motifs is 1. The summed E-state index contributed by atoms with van der Waals surface area (Å²) in [6.45, 7) is 7.17. The van der Waals surface area contributed by atoms with Crippen LogP contribution in [0.3, 0.4) is 0 Å². The molecule has 1 N–H and O–H groups in total. The molecule has 7 heteroatoms. The van der Waals surface area contributed by atoms with Crippen molar-refractivity contribution in [2.45, 2.75) is 70.6 Å². The lowest BCUT2D eigenvalue weighted by Crippen LogP contribution is -2.45. The van der Waals surface area contributed by atoms with Crippen molar-refractivity contribution in [1.82, 2.24) is 14.5 Å². The number of benzene rings is 1. The number of imidazole rings is 1. The molecule has 1 saturated carbocycles. The van der Waals surface area contributed by atoms with Gasteiger partial charge in [0.1, 0.15) is 0 Å². The maximum absolute atomic E-state index is 12.6. The van der Waals surface area contributed by atoms with Gasteiger partial charge in [0.2, 0.25) is 0 Å². The Morgan fingerprint density at radius 3 is 2.43 bits per heavy atom. The molecular weight excluding hydrogens is 442 g/mol. The summed E-state index contributed by atoms with van der Waals surface area (Å²) in [5.41, 5.74) is 3.16. The third-order valence-electron chi connectivity index (χ3n) is 6.42. The normalized spacial score (nSPS) is 24.4. The van der Waals surface area contributed by atoms with Crippen molar-refractivity contribution >= 4 is 39.4 Å². The molecule has 0 spiro atoms. The third-order valence-corrected chi connectivity index (χ3v) is 7.28. The van der Waals surface area contributed by atoms with Crippen LogP contribution in [0.2, 0.25) is 0 Å². The Morgan fingerprint density at radius 1 is 1.11 bits per heavy atom. The number of hydrogen-bond acceptors (Lipinski definition) is 3. The van der Waals surface area contributed by atoms with Gasteiger partial charge in [-0.1, -0.05) is 15.9 Å². The summed E-state index contributed by atoms with van der Waals surface area (Å²) < 4.78 is 8.83. The van der Waals surface area contributed by atoms with Crippen LogP contribution < -0.4 is 5.69 Å². The summed E-state index contributed by atoms with van der Waals surface area (Å²) in [6, 6.07) is 5.14. The molecule has 0 atom stereocenters. The number of hydrogen-bond donors (Lipinski definition) is 1. The van der Waals surface area contributed by atoms with Gasteiger partial charge >= 0.3 is 5.69 Å². The third kappa shape index (κ3) is 4.35. The molecule has 2 heterocycles. The standard InChI is InChI=1S/C21H30BrN3O2.ClH/c1-3-27-17-6-4-15(5-7-17)24-10-8-16(9-11-24)25-20-12-14(2)18(22)13-19(20)23-21(25)26;/h12-13,15-17H,3-11H2,1-2H3,(H,23,26);1H/t15-,17-;. The molecule has 2 aliphatic rings. The molecule has 28 heavy (non-hydrogen) atoms. The lowest BCUT2D eigenvalue weighted by molar-refractivity contribution is 0.00796. The van der Waals surface area contributed by atoms with Crippen LogP contribution in [0.5, 0.6) is 0 Å². The van der Waals surface area contributed by atoms with Gasteiger partial charge in [0, 0.05) is 36.3 Å². The highest BCUT2D eigenvalue weighted by Gasteiger charge is 2.30. The second-order valence-corrected chi connectivity index (χ2v) is 8.93. The first-order valence-electron chi connectivity index (χ1n) is 10.3. The SMILES string of the molecule is CCO[C@H]1CC[C@H](N2CCC(n3c(=O)[nH]c4cc(Br)c(C)cc43)CC2)CC1.Cl. The monoisotopic (exact) mass is 471 g/mol. The van der Waals surface area contributed by atoms with E-state index >= 15 is 0 Å². The predicted molar refractivity (Wildman–Crippen MR) is 120 cm³/mol. The first-order chi connectivity index (χ1) is 13.1. The molecule has 0 unspecified atom stereocenters. The van der Waals surface area contributed by atoms with Gasteiger partial charge < -0.3 is 14.6 Å². The minimum atomic E-state index is 0. The Bertz CT molecular complexity index is 849. The van der Waals surface area contributed by atoms with Crippen molar-refractivity contribution in [3.05, 3.63) is 32.7 Å². The van der Waals surface area contributed by atoms with E-state index < -0.39 is 0 Å². The van der Waals surface area contributed by atoms with Crippen molar-refractivity contribution in [2.75, 3.05) is 19.7 Å². The Hall–Kier alpha value is -0.820. The average molecular weight is 473 g/mol.